The third-order valence-electron chi connectivity index (χ3n) is 3.72. The van der Waals surface area contributed by atoms with Crippen LogP contribution in [0.25, 0.3) is 0 Å². The highest BCUT2D eigenvalue weighted by atomic mass is 35.5. The monoisotopic (exact) mass is 405 g/mol. The van der Waals surface area contributed by atoms with Crippen molar-refractivity contribution in [2.75, 3.05) is 12.4 Å². The Morgan fingerprint density at radius 2 is 1.93 bits per heavy atom. The van der Waals surface area contributed by atoms with Crippen LogP contribution >= 0.6 is 23.2 Å². The number of methoxy groups -OCH3 is 1. The van der Waals surface area contributed by atoms with Gasteiger partial charge in [0, 0.05) is 11.2 Å². The molecule has 0 saturated heterocycles. The zero-order chi connectivity index (χ0) is 19.4. The molecule has 1 heterocycles. The van der Waals surface area contributed by atoms with Gasteiger partial charge in [0.2, 0.25) is 0 Å². The summed E-state index contributed by atoms with van der Waals surface area (Å²) in [5.74, 6) is 0.711. The summed E-state index contributed by atoms with van der Waals surface area (Å²) in [6.07, 6.45) is 1.65. The van der Waals surface area contributed by atoms with Gasteiger partial charge in [-0.05, 0) is 48.9 Å². The molecule has 1 N–H and O–H groups in total. The number of nitrogens with one attached hydrogen (secondary N) is 1. The van der Waals surface area contributed by atoms with Gasteiger partial charge in [0.1, 0.15) is 11.5 Å². The van der Waals surface area contributed by atoms with Gasteiger partial charge in [-0.1, -0.05) is 29.3 Å². The van der Waals surface area contributed by atoms with E-state index in [1.165, 1.54) is 4.68 Å². The normalized spacial score (nSPS) is 10.5. The highest BCUT2D eigenvalue weighted by Gasteiger charge is 2.13. The second kappa shape index (κ2) is 8.33. The van der Waals surface area contributed by atoms with Crippen LogP contribution < -0.4 is 14.8 Å². The number of aryl methyl sites for hydroxylation is 1. The van der Waals surface area contributed by atoms with Crippen LogP contribution in [-0.2, 0) is 6.73 Å². The summed E-state index contributed by atoms with van der Waals surface area (Å²) in [5.41, 5.74) is 1.84. The van der Waals surface area contributed by atoms with Gasteiger partial charge in [-0.15, -0.1) is 0 Å². The fourth-order valence-corrected chi connectivity index (χ4v) is 2.85. The van der Waals surface area contributed by atoms with Crippen molar-refractivity contribution < 1.29 is 14.3 Å². The van der Waals surface area contributed by atoms with Gasteiger partial charge in [0.05, 0.1) is 17.8 Å². The SMILES string of the molecule is COc1ccc(C)cc1NC(=O)c1ccn(COc2ccc(Cl)cc2Cl)n1. The summed E-state index contributed by atoms with van der Waals surface area (Å²) in [6, 6.07) is 12.1. The van der Waals surface area contributed by atoms with Gasteiger partial charge in [-0.3, -0.25) is 4.79 Å². The standard InChI is InChI=1S/C19H17Cl2N3O3/c1-12-3-5-18(26-2)16(9-12)22-19(25)15-7-8-24(23-15)11-27-17-6-4-13(20)10-14(17)21/h3-10H,11H2,1-2H3,(H,22,25). The fraction of sp³-hybridized carbons (Fsp3) is 0.158. The van der Waals surface area contributed by atoms with E-state index in [0.29, 0.717) is 27.2 Å². The highest BCUT2D eigenvalue weighted by Crippen LogP contribution is 2.28. The van der Waals surface area contributed by atoms with Gasteiger partial charge in [0.25, 0.3) is 5.91 Å². The van der Waals surface area contributed by atoms with E-state index in [0.717, 1.165) is 5.56 Å². The van der Waals surface area contributed by atoms with Crippen LogP contribution in [-0.4, -0.2) is 22.8 Å². The molecule has 0 aliphatic heterocycles. The van der Waals surface area contributed by atoms with E-state index in [1.54, 1.807) is 43.6 Å². The third kappa shape index (κ3) is 4.72. The molecule has 0 fully saturated rings. The molecule has 6 nitrogen and oxygen atoms in total. The zero-order valence-electron chi connectivity index (χ0n) is 14.7. The van der Waals surface area contributed by atoms with Crippen molar-refractivity contribution >= 4 is 34.8 Å². The Bertz CT molecular complexity index is 973. The lowest BCUT2D eigenvalue weighted by Gasteiger charge is -2.10. The van der Waals surface area contributed by atoms with E-state index < -0.39 is 0 Å². The molecule has 0 spiro atoms. The molecular formula is C19H17Cl2N3O3. The van der Waals surface area contributed by atoms with E-state index >= 15 is 0 Å². The van der Waals surface area contributed by atoms with Gasteiger partial charge in [-0.2, -0.15) is 5.10 Å². The molecular weight excluding hydrogens is 389 g/mol. The molecule has 2 aromatic carbocycles. The molecule has 0 aliphatic rings. The van der Waals surface area contributed by atoms with Crippen molar-refractivity contribution in [2.24, 2.45) is 0 Å². The van der Waals surface area contributed by atoms with E-state index in [-0.39, 0.29) is 18.3 Å². The fourth-order valence-electron chi connectivity index (χ4n) is 2.39. The Morgan fingerprint density at radius 3 is 2.67 bits per heavy atom. The van der Waals surface area contributed by atoms with Gasteiger partial charge in [0.15, 0.2) is 12.4 Å². The van der Waals surface area contributed by atoms with Crippen LogP contribution in [0.2, 0.25) is 10.0 Å². The first kappa shape index (κ1) is 19.1. The number of halogens is 2. The summed E-state index contributed by atoms with van der Waals surface area (Å²) < 4.78 is 12.4. The highest BCUT2D eigenvalue weighted by molar-refractivity contribution is 6.35. The summed E-state index contributed by atoms with van der Waals surface area (Å²) in [4.78, 5) is 12.5. The Morgan fingerprint density at radius 1 is 1.15 bits per heavy atom. The summed E-state index contributed by atoms with van der Waals surface area (Å²) in [6.45, 7) is 2.03. The molecule has 1 amide bonds. The molecule has 3 rings (SSSR count). The number of ether oxygens (including phenoxy) is 2. The van der Waals surface area contributed by atoms with Crippen LogP contribution in [0.5, 0.6) is 11.5 Å². The first-order valence-corrected chi connectivity index (χ1v) is 8.79. The van der Waals surface area contributed by atoms with E-state index in [4.69, 9.17) is 32.7 Å². The second-order valence-electron chi connectivity index (χ2n) is 5.75. The molecule has 0 saturated carbocycles. The topological polar surface area (TPSA) is 65.4 Å². The maximum Gasteiger partial charge on any atom is 0.276 e. The average Bonchev–Trinajstić information content (AvgIpc) is 3.10. The van der Waals surface area contributed by atoms with Gasteiger partial charge in [-0.25, -0.2) is 4.68 Å². The van der Waals surface area contributed by atoms with Crippen molar-refractivity contribution in [2.45, 2.75) is 13.7 Å². The molecule has 0 atom stereocenters. The number of nitrogens with zero attached hydrogens (tertiary/aromatic N) is 2. The number of carbonyl (C=O) groups excluding carboxylic acids is 1. The lowest BCUT2D eigenvalue weighted by molar-refractivity contribution is 0.102. The predicted octanol–water partition coefficient (Wildman–Crippen LogP) is 4.80. The van der Waals surface area contributed by atoms with E-state index in [2.05, 4.69) is 10.4 Å². The van der Waals surface area contributed by atoms with Crippen molar-refractivity contribution in [1.29, 1.82) is 0 Å². The van der Waals surface area contributed by atoms with Crippen molar-refractivity contribution in [1.82, 2.24) is 9.78 Å². The number of rotatable bonds is 6. The second-order valence-corrected chi connectivity index (χ2v) is 6.59. The number of carbonyl (C=O) groups is 1. The maximum absolute atomic E-state index is 12.5. The van der Waals surface area contributed by atoms with Crippen LogP contribution in [0.1, 0.15) is 16.1 Å². The zero-order valence-corrected chi connectivity index (χ0v) is 16.2. The third-order valence-corrected chi connectivity index (χ3v) is 4.25. The molecule has 0 radical (unpaired) electrons. The molecule has 3 aromatic rings. The summed E-state index contributed by atoms with van der Waals surface area (Å²) in [5, 5.41) is 7.95. The minimum absolute atomic E-state index is 0.0996. The number of hydrogen-bond donors (Lipinski definition) is 1. The first-order valence-electron chi connectivity index (χ1n) is 8.03. The van der Waals surface area contributed by atoms with Gasteiger partial charge >= 0.3 is 0 Å². The van der Waals surface area contributed by atoms with Crippen LogP contribution in [0.3, 0.4) is 0 Å². The van der Waals surface area contributed by atoms with Gasteiger partial charge < -0.3 is 14.8 Å². The number of benzene rings is 2. The number of hydrogen-bond acceptors (Lipinski definition) is 4. The minimum Gasteiger partial charge on any atom is -0.495 e. The van der Waals surface area contributed by atoms with E-state index in [9.17, 15) is 4.79 Å². The molecule has 0 bridgehead atoms. The van der Waals surface area contributed by atoms with Crippen molar-refractivity contribution in [3.63, 3.8) is 0 Å². The number of anilines is 1. The van der Waals surface area contributed by atoms with E-state index in [1.807, 2.05) is 19.1 Å². The Kier molecular flexibility index (Phi) is 5.88. The average molecular weight is 406 g/mol. The summed E-state index contributed by atoms with van der Waals surface area (Å²) in [7, 11) is 1.55. The first-order chi connectivity index (χ1) is 13.0. The van der Waals surface area contributed by atoms with Crippen molar-refractivity contribution in [3.8, 4) is 11.5 Å². The Labute approximate surface area is 166 Å². The van der Waals surface area contributed by atoms with Crippen molar-refractivity contribution in [3.05, 3.63) is 70.0 Å². The molecule has 27 heavy (non-hydrogen) atoms. The molecule has 8 heteroatoms. The molecule has 0 aliphatic carbocycles. The number of amides is 1. The number of aromatic nitrogens is 2. The quantitative estimate of drug-likeness (QED) is 0.639. The lowest BCUT2D eigenvalue weighted by Crippen LogP contribution is -2.15. The van der Waals surface area contributed by atoms with Crippen LogP contribution in [0.4, 0.5) is 5.69 Å². The summed E-state index contributed by atoms with van der Waals surface area (Å²) >= 11 is 11.9. The van der Waals surface area contributed by atoms with Crippen LogP contribution in [0.15, 0.2) is 48.7 Å². The lowest BCUT2D eigenvalue weighted by atomic mass is 10.2. The Hall–Kier alpha value is -2.70. The molecule has 140 valence electrons. The molecule has 0 unspecified atom stereocenters. The smallest absolute Gasteiger partial charge is 0.276 e. The van der Waals surface area contributed by atoms with Crippen LogP contribution in [0, 0.1) is 6.92 Å². The Balaban J connectivity index is 1.66. The minimum atomic E-state index is -0.345. The predicted molar refractivity (Wildman–Crippen MR) is 105 cm³/mol. The molecule has 1 aromatic heterocycles. The largest absolute Gasteiger partial charge is 0.495 e. The maximum atomic E-state index is 12.5.